The largest absolute Gasteiger partial charge is 0.459 e. The summed E-state index contributed by atoms with van der Waals surface area (Å²) in [6.45, 7) is 1.83. The van der Waals surface area contributed by atoms with Crippen molar-refractivity contribution < 1.29 is 46.2 Å². The third-order valence-electron chi connectivity index (χ3n) is 6.17. The van der Waals surface area contributed by atoms with Gasteiger partial charge in [-0.15, -0.1) is 0 Å². The number of rotatable bonds is 9. The molecule has 0 aromatic rings. The van der Waals surface area contributed by atoms with Crippen molar-refractivity contribution in [3.63, 3.8) is 0 Å². The average Bonchev–Trinajstić information content (AvgIpc) is 2.62. The molecule has 0 aliphatic heterocycles. The maximum Gasteiger partial charge on any atom is 0.406 e. The summed E-state index contributed by atoms with van der Waals surface area (Å²) in [5, 5.41) is 0. The van der Waals surface area contributed by atoms with Gasteiger partial charge in [0.15, 0.2) is 0 Å². The molecule has 168 valence electrons. The molecule has 0 atom stereocenters. The number of alkyl halides is 4. The fourth-order valence-electron chi connectivity index (χ4n) is 5.41. The summed E-state index contributed by atoms with van der Waals surface area (Å²) in [5.74, 6) is -7.99. The molecule has 10 heteroatoms. The van der Waals surface area contributed by atoms with Crippen LogP contribution < -0.4 is 0 Å². The molecule has 0 aromatic heterocycles. The molecule has 4 fully saturated rings. The molecule has 0 saturated heterocycles. The SMILES string of the molecule is C=CC(=O)OCCOC(=O)C(F)(F)CC(F)(F)OC(=O)C12CC3CC(CC(C3)C1)C2. The van der Waals surface area contributed by atoms with E-state index >= 15 is 0 Å². The Morgan fingerprint density at radius 3 is 1.93 bits per heavy atom. The van der Waals surface area contributed by atoms with E-state index < -0.39 is 55.0 Å². The molecule has 6 nitrogen and oxygen atoms in total. The van der Waals surface area contributed by atoms with Crippen molar-refractivity contribution in [1.29, 1.82) is 0 Å². The fourth-order valence-corrected chi connectivity index (χ4v) is 5.41. The summed E-state index contributed by atoms with van der Waals surface area (Å²) < 4.78 is 68.9. The highest BCUT2D eigenvalue weighted by Crippen LogP contribution is 2.60. The van der Waals surface area contributed by atoms with Crippen molar-refractivity contribution in [2.45, 2.75) is 57.0 Å². The average molecular weight is 436 g/mol. The van der Waals surface area contributed by atoms with E-state index in [0.29, 0.717) is 19.3 Å². The van der Waals surface area contributed by atoms with Crippen LogP contribution in [0.4, 0.5) is 17.6 Å². The van der Waals surface area contributed by atoms with Crippen LogP contribution in [-0.4, -0.2) is 43.2 Å². The summed E-state index contributed by atoms with van der Waals surface area (Å²) in [7, 11) is 0. The molecule has 4 aliphatic rings. The molecule has 4 saturated carbocycles. The maximum absolute atomic E-state index is 14.1. The number of carbonyl (C=O) groups excluding carboxylic acids is 3. The zero-order chi connectivity index (χ0) is 22.2. The second kappa shape index (κ2) is 8.19. The first-order chi connectivity index (χ1) is 13.9. The van der Waals surface area contributed by atoms with E-state index in [0.717, 1.165) is 25.3 Å². The minimum atomic E-state index is -4.59. The third-order valence-corrected chi connectivity index (χ3v) is 6.17. The highest BCUT2D eigenvalue weighted by atomic mass is 19.3. The standard InChI is InChI=1S/C20H24F4O6/c1-2-15(25)28-3-4-29-17(27)19(21,22)11-20(23,24)30-16(26)18-8-12-5-13(9-18)7-14(6-12)10-18/h2,12-14H,1,3-11H2. The Kier molecular flexibility index (Phi) is 6.15. The first-order valence-electron chi connectivity index (χ1n) is 9.90. The molecular weight excluding hydrogens is 412 g/mol. The van der Waals surface area contributed by atoms with Gasteiger partial charge in [-0.25, -0.2) is 9.59 Å². The van der Waals surface area contributed by atoms with E-state index in [1.807, 2.05) is 0 Å². The number of ether oxygens (including phenoxy) is 3. The maximum atomic E-state index is 14.1. The Morgan fingerprint density at radius 1 is 0.933 bits per heavy atom. The number of hydrogen-bond donors (Lipinski definition) is 0. The van der Waals surface area contributed by atoms with Gasteiger partial charge in [-0.2, -0.15) is 17.6 Å². The van der Waals surface area contributed by atoms with Crippen molar-refractivity contribution in [2.24, 2.45) is 23.2 Å². The Hall–Kier alpha value is -2.13. The number of carbonyl (C=O) groups is 3. The second-order valence-corrected chi connectivity index (χ2v) is 8.61. The lowest BCUT2D eigenvalue weighted by molar-refractivity contribution is -0.271. The van der Waals surface area contributed by atoms with Gasteiger partial charge >= 0.3 is 29.9 Å². The van der Waals surface area contributed by atoms with Crippen molar-refractivity contribution in [1.82, 2.24) is 0 Å². The van der Waals surface area contributed by atoms with Crippen LogP contribution in [0, 0.1) is 23.2 Å². The Balaban J connectivity index is 1.53. The zero-order valence-electron chi connectivity index (χ0n) is 16.3. The minimum absolute atomic E-state index is 0.282. The molecule has 4 rings (SSSR count). The van der Waals surface area contributed by atoms with Gasteiger partial charge in [0, 0.05) is 6.08 Å². The highest BCUT2D eigenvalue weighted by Gasteiger charge is 2.59. The zero-order valence-corrected chi connectivity index (χ0v) is 16.3. The van der Waals surface area contributed by atoms with Crippen molar-refractivity contribution >= 4 is 17.9 Å². The molecule has 4 aliphatic carbocycles. The summed E-state index contributed by atoms with van der Waals surface area (Å²) in [4.78, 5) is 34.8. The first-order valence-corrected chi connectivity index (χ1v) is 9.90. The highest BCUT2D eigenvalue weighted by molar-refractivity contribution is 5.81. The van der Waals surface area contributed by atoms with Crippen molar-refractivity contribution in [2.75, 3.05) is 13.2 Å². The lowest BCUT2D eigenvalue weighted by atomic mass is 9.49. The second-order valence-electron chi connectivity index (χ2n) is 8.61. The van der Waals surface area contributed by atoms with E-state index in [1.54, 1.807) is 0 Å². The number of hydrogen-bond acceptors (Lipinski definition) is 6. The van der Waals surface area contributed by atoms with Crippen LogP contribution in [0.5, 0.6) is 0 Å². The van der Waals surface area contributed by atoms with E-state index in [-0.39, 0.29) is 17.8 Å². The monoisotopic (exact) mass is 436 g/mol. The molecule has 0 spiro atoms. The summed E-state index contributed by atoms with van der Waals surface area (Å²) in [5.41, 5.74) is -1.04. The Morgan fingerprint density at radius 2 is 1.43 bits per heavy atom. The van der Waals surface area contributed by atoms with Gasteiger partial charge in [-0.1, -0.05) is 6.58 Å². The minimum Gasteiger partial charge on any atom is -0.459 e. The van der Waals surface area contributed by atoms with E-state index in [1.165, 1.54) is 0 Å². The van der Waals surface area contributed by atoms with Gasteiger partial charge in [0.2, 0.25) is 0 Å². The van der Waals surface area contributed by atoms with Crippen LogP contribution in [0.1, 0.15) is 44.9 Å². The molecule has 0 amide bonds. The van der Waals surface area contributed by atoms with Gasteiger partial charge in [0.1, 0.15) is 19.6 Å². The molecular formula is C20H24F4O6. The van der Waals surface area contributed by atoms with Crippen LogP contribution in [0.2, 0.25) is 0 Å². The predicted octanol–water partition coefficient (Wildman–Crippen LogP) is 3.64. The van der Waals surface area contributed by atoms with E-state index in [4.69, 9.17) is 0 Å². The van der Waals surface area contributed by atoms with Crippen molar-refractivity contribution in [3.8, 4) is 0 Å². The predicted molar refractivity (Wildman–Crippen MR) is 93.3 cm³/mol. The number of halogens is 4. The van der Waals surface area contributed by atoms with Gasteiger partial charge in [0.05, 0.1) is 5.41 Å². The normalized spacial score (nSPS) is 29.9. The lowest BCUT2D eigenvalue weighted by Gasteiger charge is -2.55. The van der Waals surface area contributed by atoms with E-state index in [2.05, 4.69) is 20.8 Å². The van der Waals surface area contributed by atoms with Crippen LogP contribution in [-0.2, 0) is 28.6 Å². The molecule has 0 unspecified atom stereocenters. The van der Waals surface area contributed by atoms with Gasteiger partial charge in [0.25, 0.3) is 0 Å². The third kappa shape index (κ3) is 4.95. The molecule has 30 heavy (non-hydrogen) atoms. The summed E-state index contributed by atoms with van der Waals surface area (Å²) in [6.07, 6.45) is -1.81. The number of esters is 3. The van der Waals surface area contributed by atoms with Gasteiger partial charge in [-0.05, 0) is 56.3 Å². The first kappa shape index (κ1) is 22.6. The van der Waals surface area contributed by atoms with Crippen LogP contribution in [0.25, 0.3) is 0 Å². The summed E-state index contributed by atoms with van der Waals surface area (Å²) >= 11 is 0. The van der Waals surface area contributed by atoms with Crippen molar-refractivity contribution in [3.05, 3.63) is 12.7 Å². The van der Waals surface area contributed by atoms with E-state index in [9.17, 15) is 31.9 Å². The summed E-state index contributed by atoms with van der Waals surface area (Å²) in [6, 6.07) is 0. The Labute approximate surface area is 170 Å². The van der Waals surface area contributed by atoms with Crippen LogP contribution >= 0.6 is 0 Å². The van der Waals surface area contributed by atoms with Gasteiger partial charge < -0.3 is 14.2 Å². The topological polar surface area (TPSA) is 78.9 Å². The Bertz CT molecular complexity index is 685. The van der Waals surface area contributed by atoms with Crippen LogP contribution in [0.15, 0.2) is 12.7 Å². The lowest BCUT2D eigenvalue weighted by Crippen LogP contribution is -2.52. The molecule has 0 N–H and O–H groups in total. The molecule has 0 aromatic carbocycles. The fraction of sp³-hybridized carbons (Fsp3) is 0.750. The molecule has 4 bridgehead atoms. The van der Waals surface area contributed by atoms with Gasteiger partial charge in [-0.3, -0.25) is 4.79 Å². The molecule has 0 heterocycles. The quantitative estimate of drug-likeness (QED) is 0.181. The van der Waals surface area contributed by atoms with Crippen LogP contribution in [0.3, 0.4) is 0 Å². The smallest absolute Gasteiger partial charge is 0.406 e. The molecule has 0 radical (unpaired) electrons.